The van der Waals surface area contributed by atoms with Gasteiger partial charge in [-0.2, -0.15) is 5.10 Å². The van der Waals surface area contributed by atoms with Crippen molar-refractivity contribution in [1.29, 1.82) is 0 Å². The quantitative estimate of drug-likeness (QED) is 0.791. The third-order valence-electron chi connectivity index (χ3n) is 3.52. The Morgan fingerprint density at radius 1 is 1.37 bits per heavy atom. The predicted molar refractivity (Wildman–Crippen MR) is 70.5 cm³/mol. The van der Waals surface area contributed by atoms with Crippen LogP contribution in [0.15, 0.2) is 12.4 Å². The van der Waals surface area contributed by atoms with Gasteiger partial charge in [0, 0.05) is 26.1 Å². The maximum atomic E-state index is 11.5. The SMILES string of the molecule is CC(=O)N1CCn2ncc(-c3cnc(Cl)n3C)c2C1. The van der Waals surface area contributed by atoms with Crippen molar-refractivity contribution in [3.63, 3.8) is 0 Å². The number of imidazole rings is 1. The van der Waals surface area contributed by atoms with Crippen LogP contribution in [0.1, 0.15) is 12.6 Å². The van der Waals surface area contributed by atoms with Gasteiger partial charge in [-0.25, -0.2) is 4.98 Å². The number of amides is 1. The molecule has 100 valence electrons. The molecule has 0 fully saturated rings. The van der Waals surface area contributed by atoms with Crippen molar-refractivity contribution in [2.45, 2.75) is 20.0 Å². The van der Waals surface area contributed by atoms with Crippen LogP contribution in [0.3, 0.4) is 0 Å². The number of carbonyl (C=O) groups excluding carboxylic acids is 1. The third kappa shape index (κ3) is 1.92. The molecule has 2 aromatic heterocycles. The Bertz CT molecular complexity index is 645. The number of aromatic nitrogens is 4. The van der Waals surface area contributed by atoms with Crippen molar-refractivity contribution in [2.24, 2.45) is 7.05 Å². The number of nitrogens with zero attached hydrogens (tertiary/aromatic N) is 5. The molecule has 0 bridgehead atoms. The first-order valence-electron chi connectivity index (χ1n) is 6.05. The zero-order valence-electron chi connectivity index (χ0n) is 10.8. The Kier molecular flexibility index (Phi) is 2.82. The number of hydrogen-bond donors (Lipinski definition) is 0. The summed E-state index contributed by atoms with van der Waals surface area (Å²) in [6.45, 7) is 3.59. The largest absolute Gasteiger partial charge is 0.335 e. The van der Waals surface area contributed by atoms with Crippen molar-refractivity contribution in [3.05, 3.63) is 23.4 Å². The second kappa shape index (κ2) is 4.38. The van der Waals surface area contributed by atoms with E-state index in [-0.39, 0.29) is 5.91 Å². The predicted octanol–water partition coefficient (Wildman–Crippen LogP) is 1.30. The molecule has 0 saturated heterocycles. The van der Waals surface area contributed by atoms with Crippen LogP contribution in [0.25, 0.3) is 11.3 Å². The smallest absolute Gasteiger partial charge is 0.219 e. The Morgan fingerprint density at radius 2 is 2.16 bits per heavy atom. The van der Waals surface area contributed by atoms with Gasteiger partial charge in [0.2, 0.25) is 11.2 Å². The molecule has 0 aromatic carbocycles. The van der Waals surface area contributed by atoms with E-state index in [1.807, 2.05) is 27.4 Å². The molecule has 7 heteroatoms. The molecular formula is C12H14ClN5O. The molecule has 2 aromatic rings. The Labute approximate surface area is 115 Å². The Balaban J connectivity index is 2.04. The van der Waals surface area contributed by atoms with Crippen molar-refractivity contribution in [1.82, 2.24) is 24.2 Å². The van der Waals surface area contributed by atoms with Gasteiger partial charge in [0.15, 0.2) is 0 Å². The van der Waals surface area contributed by atoms with E-state index in [1.165, 1.54) is 0 Å². The fourth-order valence-electron chi connectivity index (χ4n) is 2.37. The van der Waals surface area contributed by atoms with Gasteiger partial charge in [0.05, 0.1) is 36.9 Å². The van der Waals surface area contributed by atoms with Crippen LogP contribution in [0.4, 0.5) is 0 Å². The van der Waals surface area contributed by atoms with E-state index in [4.69, 9.17) is 11.6 Å². The summed E-state index contributed by atoms with van der Waals surface area (Å²) in [6.07, 6.45) is 3.54. The van der Waals surface area contributed by atoms with Gasteiger partial charge in [0.25, 0.3) is 0 Å². The summed E-state index contributed by atoms with van der Waals surface area (Å²) < 4.78 is 3.75. The lowest BCUT2D eigenvalue weighted by Crippen LogP contribution is -2.37. The second-order valence-electron chi connectivity index (χ2n) is 4.64. The van der Waals surface area contributed by atoms with Gasteiger partial charge < -0.3 is 9.47 Å². The first-order chi connectivity index (χ1) is 9.08. The molecule has 6 nitrogen and oxygen atoms in total. The topological polar surface area (TPSA) is 56.0 Å². The summed E-state index contributed by atoms with van der Waals surface area (Å²) in [5, 5.41) is 4.81. The molecule has 0 aliphatic carbocycles. The number of fused-ring (bicyclic) bond motifs is 1. The minimum atomic E-state index is 0.0847. The van der Waals surface area contributed by atoms with E-state index in [2.05, 4.69) is 10.1 Å². The second-order valence-corrected chi connectivity index (χ2v) is 4.98. The van der Waals surface area contributed by atoms with Gasteiger partial charge in [-0.15, -0.1) is 0 Å². The average molecular weight is 280 g/mol. The van der Waals surface area contributed by atoms with Gasteiger partial charge in [-0.1, -0.05) is 0 Å². The third-order valence-corrected chi connectivity index (χ3v) is 3.87. The van der Waals surface area contributed by atoms with Crippen LogP contribution in [0.5, 0.6) is 0 Å². The first-order valence-corrected chi connectivity index (χ1v) is 6.43. The summed E-state index contributed by atoms with van der Waals surface area (Å²) >= 11 is 5.97. The van der Waals surface area contributed by atoms with Gasteiger partial charge >= 0.3 is 0 Å². The van der Waals surface area contributed by atoms with Crippen molar-refractivity contribution >= 4 is 17.5 Å². The lowest BCUT2D eigenvalue weighted by Gasteiger charge is -2.27. The Hall–Kier alpha value is -1.82. The van der Waals surface area contributed by atoms with Crippen LogP contribution in [-0.2, 0) is 24.9 Å². The molecule has 1 aliphatic heterocycles. The normalized spacial score (nSPS) is 14.6. The average Bonchev–Trinajstić information content (AvgIpc) is 2.94. The molecule has 1 aliphatic rings. The van der Waals surface area contributed by atoms with E-state index < -0.39 is 0 Å². The molecule has 0 N–H and O–H groups in total. The minimum absolute atomic E-state index is 0.0847. The molecule has 0 unspecified atom stereocenters. The summed E-state index contributed by atoms with van der Waals surface area (Å²) in [5.74, 6) is 0.0847. The van der Waals surface area contributed by atoms with Crippen LogP contribution in [-0.4, -0.2) is 36.7 Å². The van der Waals surface area contributed by atoms with E-state index in [0.717, 1.165) is 23.5 Å². The molecule has 3 heterocycles. The highest BCUT2D eigenvalue weighted by atomic mass is 35.5. The number of hydrogen-bond acceptors (Lipinski definition) is 3. The van der Waals surface area contributed by atoms with E-state index in [9.17, 15) is 4.79 Å². The molecule has 0 spiro atoms. The number of halogens is 1. The van der Waals surface area contributed by atoms with Crippen LogP contribution >= 0.6 is 11.6 Å². The highest BCUT2D eigenvalue weighted by molar-refractivity contribution is 6.28. The van der Waals surface area contributed by atoms with Crippen molar-refractivity contribution in [3.8, 4) is 11.3 Å². The van der Waals surface area contributed by atoms with Gasteiger partial charge in [-0.05, 0) is 11.6 Å². The number of rotatable bonds is 1. The van der Waals surface area contributed by atoms with Gasteiger partial charge in [-0.3, -0.25) is 9.48 Å². The van der Waals surface area contributed by atoms with E-state index >= 15 is 0 Å². The summed E-state index contributed by atoms with van der Waals surface area (Å²) in [5.41, 5.74) is 2.92. The molecule has 3 rings (SSSR count). The van der Waals surface area contributed by atoms with Crippen LogP contribution < -0.4 is 0 Å². The molecule has 0 radical (unpaired) electrons. The monoisotopic (exact) mass is 279 g/mol. The fraction of sp³-hybridized carbons (Fsp3) is 0.417. The summed E-state index contributed by atoms with van der Waals surface area (Å²) in [6, 6.07) is 0. The molecule has 1 amide bonds. The standard InChI is InChI=1S/C12H14ClN5O/c1-8(19)17-3-4-18-11(7-17)9(5-15-18)10-6-14-12(13)16(10)2/h5-6H,3-4,7H2,1-2H3. The van der Waals surface area contributed by atoms with Crippen LogP contribution in [0, 0.1) is 0 Å². The fourth-order valence-corrected chi connectivity index (χ4v) is 2.51. The van der Waals surface area contributed by atoms with Crippen molar-refractivity contribution in [2.75, 3.05) is 6.54 Å². The first kappa shape index (κ1) is 12.2. The lowest BCUT2D eigenvalue weighted by atomic mass is 10.1. The molecule has 0 atom stereocenters. The highest BCUT2D eigenvalue weighted by Crippen LogP contribution is 2.28. The van der Waals surface area contributed by atoms with E-state index in [1.54, 1.807) is 13.1 Å². The zero-order chi connectivity index (χ0) is 13.6. The van der Waals surface area contributed by atoms with Gasteiger partial charge in [0.1, 0.15) is 0 Å². The Morgan fingerprint density at radius 3 is 2.79 bits per heavy atom. The highest BCUT2D eigenvalue weighted by Gasteiger charge is 2.23. The summed E-state index contributed by atoms with van der Waals surface area (Å²) in [4.78, 5) is 17.4. The molecule has 0 saturated carbocycles. The maximum Gasteiger partial charge on any atom is 0.219 e. The lowest BCUT2D eigenvalue weighted by molar-refractivity contribution is -0.130. The maximum absolute atomic E-state index is 11.5. The molecular weight excluding hydrogens is 266 g/mol. The van der Waals surface area contributed by atoms with E-state index in [0.29, 0.717) is 18.4 Å². The van der Waals surface area contributed by atoms with Crippen molar-refractivity contribution < 1.29 is 4.79 Å². The molecule has 19 heavy (non-hydrogen) atoms. The van der Waals surface area contributed by atoms with Crippen LogP contribution in [0.2, 0.25) is 5.28 Å². The number of carbonyl (C=O) groups is 1. The minimum Gasteiger partial charge on any atom is -0.335 e. The summed E-state index contributed by atoms with van der Waals surface area (Å²) in [7, 11) is 1.86. The zero-order valence-corrected chi connectivity index (χ0v) is 11.6.